The van der Waals surface area contributed by atoms with Crippen molar-refractivity contribution in [3.05, 3.63) is 58.1 Å². The highest BCUT2D eigenvalue weighted by atomic mass is 35.5. The monoisotopic (exact) mass is 417 g/mol. The minimum atomic E-state index is -5.21. The maximum atomic E-state index is 13.0. The SMILES string of the molecule is Cc1ccc(S(=O)(=O)Nc2cc(C(F)(F)F)c(Cl)c(C(F)(F)F)c2)cc1. The predicted molar refractivity (Wildman–Crippen MR) is 83.4 cm³/mol. The van der Waals surface area contributed by atoms with E-state index >= 15 is 0 Å². The van der Waals surface area contributed by atoms with Gasteiger partial charge in [0.15, 0.2) is 0 Å². The summed E-state index contributed by atoms with van der Waals surface area (Å²) < 4.78 is 104. The van der Waals surface area contributed by atoms with E-state index in [-0.39, 0.29) is 17.0 Å². The number of alkyl halides is 6. The molecule has 0 atom stereocenters. The number of rotatable bonds is 3. The molecule has 142 valence electrons. The van der Waals surface area contributed by atoms with Crippen molar-refractivity contribution in [2.45, 2.75) is 24.2 Å². The maximum Gasteiger partial charge on any atom is 0.417 e. The first-order chi connectivity index (χ1) is 11.7. The highest BCUT2D eigenvalue weighted by Crippen LogP contribution is 2.44. The van der Waals surface area contributed by atoms with Gasteiger partial charge in [-0.05, 0) is 31.2 Å². The zero-order valence-corrected chi connectivity index (χ0v) is 14.4. The van der Waals surface area contributed by atoms with Crippen LogP contribution in [0.2, 0.25) is 5.02 Å². The molecule has 2 rings (SSSR count). The average Bonchev–Trinajstić information content (AvgIpc) is 2.46. The van der Waals surface area contributed by atoms with E-state index in [2.05, 4.69) is 0 Å². The maximum absolute atomic E-state index is 13.0. The van der Waals surface area contributed by atoms with Crippen LogP contribution in [0.1, 0.15) is 16.7 Å². The highest BCUT2D eigenvalue weighted by Gasteiger charge is 2.41. The van der Waals surface area contributed by atoms with Gasteiger partial charge in [0.25, 0.3) is 10.0 Å². The fourth-order valence-electron chi connectivity index (χ4n) is 2.03. The second-order valence-electron chi connectivity index (χ2n) is 5.30. The topological polar surface area (TPSA) is 46.2 Å². The van der Waals surface area contributed by atoms with Gasteiger partial charge in [0, 0.05) is 0 Å². The van der Waals surface area contributed by atoms with Crippen molar-refractivity contribution >= 4 is 27.3 Å². The third-order valence-corrected chi connectivity index (χ3v) is 5.07. The lowest BCUT2D eigenvalue weighted by Crippen LogP contribution is -2.17. The molecule has 0 saturated heterocycles. The molecule has 0 aliphatic heterocycles. The van der Waals surface area contributed by atoms with E-state index in [4.69, 9.17) is 11.6 Å². The summed E-state index contributed by atoms with van der Waals surface area (Å²) in [7, 11) is -4.40. The predicted octanol–water partition coefficient (Wildman–Crippen LogP) is 5.49. The van der Waals surface area contributed by atoms with Crippen LogP contribution in [0.4, 0.5) is 32.0 Å². The van der Waals surface area contributed by atoms with Crippen LogP contribution < -0.4 is 4.72 Å². The minimum absolute atomic E-state index is 0.212. The molecule has 0 radical (unpaired) electrons. The molecule has 11 heteroatoms. The van der Waals surface area contributed by atoms with Gasteiger partial charge in [-0.1, -0.05) is 29.3 Å². The molecule has 0 amide bonds. The molecule has 0 bridgehead atoms. The van der Waals surface area contributed by atoms with Gasteiger partial charge in [-0.2, -0.15) is 26.3 Å². The fraction of sp³-hybridized carbons (Fsp3) is 0.200. The Labute approximate surface area is 149 Å². The largest absolute Gasteiger partial charge is 0.417 e. The Balaban J connectivity index is 2.57. The third kappa shape index (κ3) is 4.42. The molecule has 2 aromatic rings. The Morgan fingerprint density at radius 2 is 1.31 bits per heavy atom. The van der Waals surface area contributed by atoms with E-state index in [0.29, 0.717) is 5.56 Å². The number of aryl methyl sites for hydroxylation is 1. The van der Waals surface area contributed by atoms with E-state index in [1.165, 1.54) is 24.3 Å². The first-order valence-electron chi connectivity index (χ1n) is 6.79. The van der Waals surface area contributed by atoms with Gasteiger partial charge < -0.3 is 0 Å². The molecule has 0 unspecified atom stereocenters. The summed E-state index contributed by atoms with van der Waals surface area (Å²) in [5.41, 5.74) is -3.78. The number of anilines is 1. The van der Waals surface area contributed by atoms with Crippen LogP contribution in [0.5, 0.6) is 0 Å². The minimum Gasteiger partial charge on any atom is -0.280 e. The summed E-state index contributed by atoms with van der Waals surface area (Å²) in [6.07, 6.45) is -10.4. The van der Waals surface area contributed by atoms with Crippen LogP contribution in [-0.4, -0.2) is 8.42 Å². The fourth-order valence-corrected chi connectivity index (χ4v) is 3.39. The molecule has 0 aliphatic carbocycles. The van der Waals surface area contributed by atoms with Crippen molar-refractivity contribution in [2.75, 3.05) is 4.72 Å². The molecule has 0 saturated carbocycles. The van der Waals surface area contributed by atoms with E-state index in [1.807, 2.05) is 0 Å². The number of sulfonamides is 1. The molecular weight excluding hydrogens is 408 g/mol. The zero-order valence-electron chi connectivity index (χ0n) is 12.8. The number of hydrogen-bond acceptors (Lipinski definition) is 2. The summed E-state index contributed by atoms with van der Waals surface area (Å²) in [6.45, 7) is 1.67. The quantitative estimate of drug-likeness (QED) is 0.671. The molecule has 0 fully saturated rings. The lowest BCUT2D eigenvalue weighted by atomic mass is 10.1. The van der Waals surface area contributed by atoms with E-state index < -0.39 is 44.2 Å². The van der Waals surface area contributed by atoms with Gasteiger partial charge >= 0.3 is 12.4 Å². The van der Waals surface area contributed by atoms with Crippen LogP contribution in [0.25, 0.3) is 0 Å². The van der Waals surface area contributed by atoms with Crippen molar-refractivity contribution in [2.24, 2.45) is 0 Å². The third-order valence-electron chi connectivity index (χ3n) is 3.27. The zero-order chi connectivity index (χ0) is 19.9. The molecule has 3 nitrogen and oxygen atoms in total. The molecule has 0 spiro atoms. The van der Waals surface area contributed by atoms with Crippen molar-refractivity contribution in [3.63, 3.8) is 0 Å². The van der Waals surface area contributed by atoms with Crippen molar-refractivity contribution in [1.29, 1.82) is 0 Å². The smallest absolute Gasteiger partial charge is 0.280 e. The van der Waals surface area contributed by atoms with Crippen LogP contribution in [0.15, 0.2) is 41.3 Å². The van der Waals surface area contributed by atoms with Gasteiger partial charge in [0.05, 0.1) is 26.7 Å². The van der Waals surface area contributed by atoms with Crippen molar-refractivity contribution in [3.8, 4) is 0 Å². The Hall–Kier alpha value is -1.94. The molecular formula is C15H10ClF6NO2S. The summed E-state index contributed by atoms with van der Waals surface area (Å²) in [5, 5.41) is -1.55. The lowest BCUT2D eigenvalue weighted by Gasteiger charge is -2.17. The Morgan fingerprint density at radius 1 is 0.885 bits per heavy atom. The van der Waals surface area contributed by atoms with Gasteiger partial charge in [-0.3, -0.25) is 4.72 Å². The molecule has 0 heterocycles. The summed E-state index contributed by atoms with van der Waals surface area (Å²) in [5.74, 6) is 0. The first kappa shape index (κ1) is 20.4. The normalized spacial score (nSPS) is 12.9. The van der Waals surface area contributed by atoms with Crippen LogP contribution in [0, 0.1) is 6.92 Å². The molecule has 2 aromatic carbocycles. The van der Waals surface area contributed by atoms with E-state index in [9.17, 15) is 34.8 Å². The number of hydrogen-bond donors (Lipinski definition) is 1. The second-order valence-corrected chi connectivity index (χ2v) is 7.36. The lowest BCUT2D eigenvalue weighted by molar-refractivity contribution is -0.142. The van der Waals surface area contributed by atoms with Crippen LogP contribution in [0.3, 0.4) is 0 Å². The first-order valence-corrected chi connectivity index (χ1v) is 8.65. The molecule has 26 heavy (non-hydrogen) atoms. The second kappa shape index (κ2) is 6.66. The highest BCUT2D eigenvalue weighted by molar-refractivity contribution is 7.92. The number of halogens is 7. The summed E-state index contributed by atoms with van der Waals surface area (Å²) in [6, 6.07) is 5.62. The van der Waals surface area contributed by atoms with Gasteiger partial charge in [0.1, 0.15) is 0 Å². The molecule has 0 aliphatic rings. The van der Waals surface area contributed by atoms with E-state index in [0.717, 1.165) is 0 Å². The Kier molecular flexibility index (Phi) is 5.22. The van der Waals surface area contributed by atoms with E-state index in [1.54, 1.807) is 11.6 Å². The number of benzene rings is 2. The van der Waals surface area contributed by atoms with Crippen LogP contribution >= 0.6 is 11.6 Å². The Bertz CT molecular complexity index is 886. The number of nitrogens with one attached hydrogen (secondary N) is 1. The Morgan fingerprint density at radius 3 is 1.69 bits per heavy atom. The van der Waals surface area contributed by atoms with Gasteiger partial charge in [-0.15, -0.1) is 0 Å². The molecule has 0 aromatic heterocycles. The summed E-state index contributed by atoms with van der Waals surface area (Å²) >= 11 is 5.24. The summed E-state index contributed by atoms with van der Waals surface area (Å²) in [4.78, 5) is -0.319. The van der Waals surface area contributed by atoms with Crippen molar-refractivity contribution in [1.82, 2.24) is 0 Å². The van der Waals surface area contributed by atoms with Crippen molar-refractivity contribution < 1.29 is 34.8 Å². The average molecular weight is 418 g/mol. The van der Waals surface area contributed by atoms with Gasteiger partial charge in [0.2, 0.25) is 0 Å². The van der Waals surface area contributed by atoms with Crippen LogP contribution in [-0.2, 0) is 22.4 Å². The standard InChI is InChI=1S/C15H10ClF6NO2S/c1-8-2-4-10(5-3-8)26(24,25)23-9-6-11(14(17,18)19)13(16)12(7-9)15(20,21)22/h2-7,23H,1H3. The molecule has 1 N–H and O–H groups in total. The van der Waals surface area contributed by atoms with Gasteiger partial charge in [-0.25, -0.2) is 8.42 Å².